The highest BCUT2D eigenvalue weighted by molar-refractivity contribution is 5.96. The average molecular weight is 314 g/mol. The molecule has 0 saturated carbocycles. The van der Waals surface area contributed by atoms with Crippen LogP contribution in [0.2, 0.25) is 0 Å². The van der Waals surface area contributed by atoms with Gasteiger partial charge in [0.1, 0.15) is 5.69 Å². The third-order valence-corrected chi connectivity index (χ3v) is 3.60. The van der Waals surface area contributed by atoms with Gasteiger partial charge in [0.15, 0.2) is 0 Å². The fourth-order valence-electron chi connectivity index (χ4n) is 2.37. The van der Waals surface area contributed by atoms with E-state index >= 15 is 0 Å². The van der Waals surface area contributed by atoms with Crippen LogP contribution in [0, 0.1) is 13.8 Å². The summed E-state index contributed by atoms with van der Waals surface area (Å²) < 4.78 is 0. The Morgan fingerprint density at radius 1 is 1.17 bits per heavy atom. The second-order valence-corrected chi connectivity index (χ2v) is 5.10. The highest BCUT2D eigenvalue weighted by atomic mass is 16.2. The van der Waals surface area contributed by atoms with Gasteiger partial charge in [-0.05, 0) is 37.1 Å². The van der Waals surface area contributed by atoms with Gasteiger partial charge < -0.3 is 21.4 Å². The third kappa shape index (κ3) is 3.23. The minimum Gasteiger partial charge on any atom is -0.366 e. The molecule has 1 aromatic heterocycles. The van der Waals surface area contributed by atoms with E-state index in [-0.39, 0.29) is 5.69 Å². The fraction of sp³-hybridized carbons (Fsp3) is 0.188. The highest BCUT2D eigenvalue weighted by Gasteiger charge is 2.14. The van der Waals surface area contributed by atoms with Crippen LogP contribution >= 0.6 is 0 Å². The van der Waals surface area contributed by atoms with Gasteiger partial charge in [-0.1, -0.05) is 12.1 Å². The molecule has 0 atom stereocenters. The molecule has 23 heavy (non-hydrogen) atoms. The molecule has 2 rings (SSSR count). The molecule has 0 fully saturated rings. The molecule has 7 heteroatoms. The predicted molar refractivity (Wildman–Crippen MR) is 88.6 cm³/mol. The number of amides is 3. The highest BCUT2D eigenvalue weighted by Crippen LogP contribution is 2.28. The molecule has 2 aromatic rings. The maximum atomic E-state index is 12.0. The van der Waals surface area contributed by atoms with Crippen molar-refractivity contribution in [3.8, 4) is 11.1 Å². The van der Waals surface area contributed by atoms with Crippen molar-refractivity contribution in [2.24, 2.45) is 5.73 Å². The molecule has 0 aliphatic rings. The first kappa shape index (κ1) is 16.3. The van der Waals surface area contributed by atoms with Gasteiger partial charge >= 0.3 is 6.03 Å². The number of carbonyl (C=O) groups is 2. The van der Waals surface area contributed by atoms with E-state index in [1.807, 2.05) is 6.07 Å². The van der Waals surface area contributed by atoms with Crippen molar-refractivity contribution in [1.29, 1.82) is 0 Å². The molecule has 0 aliphatic heterocycles. The molecule has 0 bridgehead atoms. The Morgan fingerprint density at radius 2 is 1.87 bits per heavy atom. The summed E-state index contributed by atoms with van der Waals surface area (Å²) in [7, 11) is 1.46. The minimum atomic E-state index is -0.518. The quantitative estimate of drug-likeness (QED) is 0.687. The van der Waals surface area contributed by atoms with Crippen molar-refractivity contribution < 1.29 is 9.59 Å². The van der Waals surface area contributed by atoms with Crippen molar-refractivity contribution in [3.05, 3.63) is 51.4 Å². The maximum absolute atomic E-state index is 12.0. The van der Waals surface area contributed by atoms with E-state index < -0.39 is 17.5 Å². The van der Waals surface area contributed by atoms with Crippen LogP contribution in [0.15, 0.2) is 29.1 Å². The van der Waals surface area contributed by atoms with Crippen LogP contribution < -0.4 is 21.9 Å². The number of aromatic amines is 1. The lowest BCUT2D eigenvalue weighted by Gasteiger charge is -2.13. The first-order chi connectivity index (χ1) is 10.8. The van der Waals surface area contributed by atoms with Crippen LogP contribution in [-0.4, -0.2) is 24.0 Å². The zero-order valence-electron chi connectivity index (χ0n) is 13.1. The predicted octanol–water partition coefficient (Wildman–Crippen LogP) is 1.51. The van der Waals surface area contributed by atoms with Gasteiger partial charge in [-0.25, -0.2) is 4.79 Å². The van der Waals surface area contributed by atoms with E-state index in [0.29, 0.717) is 22.4 Å². The monoisotopic (exact) mass is 314 g/mol. The topological polar surface area (TPSA) is 117 Å². The van der Waals surface area contributed by atoms with Crippen LogP contribution in [0.1, 0.15) is 21.6 Å². The Labute approximate surface area is 132 Å². The molecular formula is C16H18N4O3. The molecule has 5 N–H and O–H groups in total. The smallest absolute Gasteiger partial charge is 0.319 e. The summed E-state index contributed by atoms with van der Waals surface area (Å²) in [5.74, 6) is -0.518. The van der Waals surface area contributed by atoms with Gasteiger partial charge in [-0.15, -0.1) is 0 Å². The first-order valence-corrected chi connectivity index (χ1v) is 6.97. The number of hydrogen-bond acceptors (Lipinski definition) is 3. The van der Waals surface area contributed by atoms with Crippen molar-refractivity contribution in [2.75, 3.05) is 12.4 Å². The molecule has 0 unspecified atom stereocenters. The van der Waals surface area contributed by atoms with Gasteiger partial charge in [-0.2, -0.15) is 0 Å². The number of urea groups is 1. The number of nitrogens with two attached hydrogens (primary N) is 1. The Morgan fingerprint density at radius 3 is 2.48 bits per heavy atom. The van der Waals surface area contributed by atoms with Crippen LogP contribution in [0.5, 0.6) is 0 Å². The molecule has 1 aromatic carbocycles. The van der Waals surface area contributed by atoms with Gasteiger partial charge in [0.05, 0.1) is 0 Å². The normalized spacial score (nSPS) is 10.2. The summed E-state index contributed by atoms with van der Waals surface area (Å²) in [6.07, 6.45) is 0. The molecule has 7 nitrogen and oxygen atoms in total. The van der Waals surface area contributed by atoms with Crippen LogP contribution in [-0.2, 0) is 0 Å². The lowest BCUT2D eigenvalue weighted by Crippen LogP contribution is -2.28. The molecule has 3 amide bonds. The molecule has 0 saturated heterocycles. The lowest BCUT2D eigenvalue weighted by molar-refractivity contribution is 0.0999. The lowest BCUT2D eigenvalue weighted by atomic mass is 9.95. The zero-order chi connectivity index (χ0) is 17.1. The molecule has 0 radical (unpaired) electrons. The largest absolute Gasteiger partial charge is 0.366 e. The van der Waals surface area contributed by atoms with E-state index in [2.05, 4.69) is 15.6 Å². The molecule has 0 spiro atoms. The minimum absolute atomic E-state index is 0.119. The summed E-state index contributed by atoms with van der Waals surface area (Å²) in [6, 6.07) is 6.28. The van der Waals surface area contributed by atoms with Gasteiger partial charge in [0.25, 0.3) is 5.56 Å². The van der Waals surface area contributed by atoms with Crippen molar-refractivity contribution in [3.63, 3.8) is 0 Å². The van der Waals surface area contributed by atoms with Gasteiger partial charge in [0.2, 0.25) is 5.91 Å². The molecular weight excluding hydrogens is 296 g/mol. The Bertz CT molecular complexity index is 840. The second kappa shape index (κ2) is 6.35. The van der Waals surface area contributed by atoms with Crippen LogP contribution in [0.3, 0.4) is 0 Å². The maximum Gasteiger partial charge on any atom is 0.319 e. The Kier molecular flexibility index (Phi) is 4.49. The molecule has 120 valence electrons. The average Bonchev–Trinajstić information content (AvgIpc) is 2.50. The summed E-state index contributed by atoms with van der Waals surface area (Å²) in [5, 5.41) is 4.85. The number of benzene rings is 1. The van der Waals surface area contributed by atoms with E-state index in [4.69, 9.17) is 5.73 Å². The van der Waals surface area contributed by atoms with Crippen LogP contribution in [0.4, 0.5) is 10.5 Å². The number of H-pyrrole nitrogens is 1. The standard InChI is InChI=1S/C16H18N4O3/c1-8-10(5-4-6-11(8)14(17)21)12-7-13(20-16(23)18-3)15(22)19-9(12)2/h4-7H,1-3H3,(H2,17,21)(H,19,22)(H2,18,20,23). The summed E-state index contributed by atoms with van der Waals surface area (Å²) in [6.45, 7) is 3.53. The number of hydrogen-bond donors (Lipinski definition) is 4. The van der Waals surface area contributed by atoms with Gasteiger partial charge in [0, 0.05) is 23.9 Å². The van der Waals surface area contributed by atoms with E-state index in [9.17, 15) is 14.4 Å². The summed E-state index contributed by atoms with van der Waals surface area (Å²) >= 11 is 0. The van der Waals surface area contributed by atoms with Crippen molar-refractivity contribution in [1.82, 2.24) is 10.3 Å². The fourth-order valence-corrected chi connectivity index (χ4v) is 2.37. The Balaban J connectivity index is 2.62. The number of carbonyl (C=O) groups excluding carboxylic acids is 2. The van der Waals surface area contributed by atoms with Gasteiger partial charge in [-0.3, -0.25) is 9.59 Å². The Hall–Kier alpha value is -3.09. The summed E-state index contributed by atoms with van der Waals surface area (Å²) in [5.41, 5.74) is 8.30. The van der Waals surface area contributed by atoms with E-state index in [1.54, 1.807) is 32.0 Å². The SMILES string of the molecule is CNC(=O)Nc1cc(-c2cccc(C(N)=O)c2C)c(C)[nH]c1=O. The van der Waals surface area contributed by atoms with E-state index in [1.165, 1.54) is 7.05 Å². The number of rotatable bonds is 3. The number of nitrogens with one attached hydrogen (secondary N) is 3. The number of primary amides is 1. The molecule has 0 aliphatic carbocycles. The first-order valence-electron chi connectivity index (χ1n) is 6.97. The number of aryl methyl sites for hydroxylation is 1. The summed E-state index contributed by atoms with van der Waals surface area (Å²) in [4.78, 5) is 37.6. The zero-order valence-corrected chi connectivity index (χ0v) is 13.1. The van der Waals surface area contributed by atoms with Crippen molar-refractivity contribution >= 4 is 17.6 Å². The van der Waals surface area contributed by atoms with E-state index in [0.717, 1.165) is 5.56 Å². The number of pyridine rings is 1. The van der Waals surface area contributed by atoms with Crippen LogP contribution in [0.25, 0.3) is 11.1 Å². The number of aromatic nitrogens is 1. The third-order valence-electron chi connectivity index (χ3n) is 3.60. The second-order valence-electron chi connectivity index (χ2n) is 5.10. The van der Waals surface area contributed by atoms with Crippen molar-refractivity contribution in [2.45, 2.75) is 13.8 Å². The molecule has 1 heterocycles. The number of anilines is 1.